The Hall–Kier alpha value is -2.43. The highest BCUT2D eigenvalue weighted by molar-refractivity contribution is 7.89. The molecule has 0 aromatic heterocycles. The second kappa shape index (κ2) is 9.37. The summed E-state index contributed by atoms with van der Waals surface area (Å²) in [6.07, 6.45) is -4.76. The van der Waals surface area contributed by atoms with Crippen LogP contribution in [0.15, 0.2) is 59.5 Å². The van der Waals surface area contributed by atoms with Crippen LogP contribution in [-0.4, -0.2) is 56.3 Å². The molecule has 0 aliphatic carbocycles. The fraction of sp³-hybridized carbons (Fsp3) is 0.381. The molecule has 0 bridgehead atoms. The van der Waals surface area contributed by atoms with Gasteiger partial charge in [0.2, 0.25) is 15.9 Å². The third-order valence-corrected chi connectivity index (χ3v) is 7.14. The number of carbonyl (C=O) groups excluding carboxylic acids is 1. The zero-order valence-electron chi connectivity index (χ0n) is 17.0. The van der Waals surface area contributed by atoms with Crippen molar-refractivity contribution in [3.63, 3.8) is 0 Å². The molecule has 1 fully saturated rings. The maximum Gasteiger partial charge on any atom is 0.417 e. The van der Waals surface area contributed by atoms with Gasteiger partial charge in [0.05, 0.1) is 23.0 Å². The lowest BCUT2D eigenvalue weighted by molar-refractivity contribution is -0.140. The first-order chi connectivity index (χ1) is 14.6. The van der Waals surface area contributed by atoms with Crippen LogP contribution in [-0.2, 0) is 21.0 Å². The highest BCUT2D eigenvalue weighted by Gasteiger charge is 2.39. The Morgan fingerprint density at radius 3 is 2.19 bits per heavy atom. The van der Waals surface area contributed by atoms with Crippen molar-refractivity contribution in [2.24, 2.45) is 0 Å². The van der Waals surface area contributed by atoms with Gasteiger partial charge in [0.1, 0.15) is 0 Å². The summed E-state index contributed by atoms with van der Waals surface area (Å²) in [5.41, 5.74) is -0.207. The fourth-order valence-electron chi connectivity index (χ4n) is 3.51. The highest BCUT2D eigenvalue weighted by Crippen LogP contribution is 2.35. The molecule has 1 N–H and O–H groups in total. The van der Waals surface area contributed by atoms with E-state index in [0.717, 1.165) is 28.1 Å². The first-order valence-electron chi connectivity index (χ1n) is 9.82. The monoisotopic (exact) mass is 455 g/mol. The summed E-state index contributed by atoms with van der Waals surface area (Å²) in [5, 5.41) is 2.90. The number of hydrogen-bond donors (Lipinski definition) is 1. The summed E-state index contributed by atoms with van der Waals surface area (Å²) in [5.74, 6) is -0.199. The Labute approximate surface area is 179 Å². The Morgan fingerprint density at radius 2 is 1.58 bits per heavy atom. The summed E-state index contributed by atoms with van der Waals surface area (Å²) in [6.45, 7) is 2.48. The van der Waals surface area contributed by atoms with Gasteiger partial charge < -0.3 is 5.32 Å². The minimum atomic E-state index is -4.76. The molecular formula is C21H24F3N3O3S. The number of nitrogens with zero attached hydrogens (tertiary/aromatic N) is 2. The van der Waals surface area contributed by atoms with Crippen LogP contribution < -0.4 is 5.32 Å². The molecular weight excluding hydrogens is 431 g/mol. The molecule has 10 heteroatoms. The van der Waals surface area contributed by atoms with Gasteiger partial charge in [0, 0.05) is 26.2 Å². The highest BCUT2D eigenvalue weighted by atomic mass is 32.2. The van der Waals surface area contributed by atoms with Crippen molar-refractivity contribution in [3.8, 4) is 0 Å². The average Bonchev–Trinajstić information content (AvgIpc) is 2.74. The molecule has 0 saturated carbocycles. The Bertz CT molecular complexity index is 1010. The number of benzene rings is 2. The molecule has 1 unspecified atom stereocenters. The lowest BCUT2D eigenvalue weighted by Gasteiger charge is -2.34. The first kappa shape index (κ1) is 23.2. The van der Waals surface area contributed by atoms with Crippen LogP contribution in [0.25, 0.3) is 0 Å². The summed E-state index contributed by atoms with van der Waals surface area (Å²) in [7, 11) is -4.30. The topological polar surface area (TPSA) is 69.7 Å². The third-order valence-electron chi connectivity index (χ3n) is 5.19. The molecule has 1 saturated heterocycles. The number of rotatable bonds is 6. The molecule has 31 heavy (non-hydrogen) atoms. The lowest BCUT2D eigenvalue weighted by Crippen LogP contribution is -2.51. The second-order valence-electron chi connectivity index (χ2n) is 7.37. The molecule has 2 aromatic carbocycles. The number of alkyl halides is 3. The van der Waals surface area contributed by atoms with E-state index in [0.29, 0.717) is 0 Å². The summed E-state index contributed by atoms with van der Waals surface area (Å²) < 4.78 is 66.4. The number of carbonyl (C=O) groups is 1. The molecule has 0 spiro atoms. The largest absolute Gasteiger partial charge is 0.417 e. The van der Waals surface area contributed by atoms with E-state index in [1.54, 1.807) is 4.90 Å². The van der Waals surface area contributed by atoms with E-state index < -0.39 is 26.7 Å². The molecule has 1 heterocycles. The van der Waals surface area contributed by atoms with Crippen molar-refractivity contribution in [1.82, 2.24) is 14.5 Å². The summed E-state index contributed by atoms with van der Waals surface area (Å²) in [4.78, 5) is 13.4. The van der Waals surface area contributed by atoms with Crippen LogP contribution in [0.4, 0.5) is 13.2 Å². The van der Waals surface area contributed by atoms with Gasteiger partial charge in [-0.3, -0.25) is 9.69 Å². The lowest BCUT2D eigenvalue weighted by atomic mass is 10.1. The van der Waals surface area contributed by atoms with Crippen molar-refractivity contribution in [2.45, 2.75) is 24.0 Å². The first-order valence-corrected chi connectivity index (χ1v) is 11.3. The molecule has 1 atom stereocenters. The normalized spacial score (nSPS) is 17.3. The standard InChI is InChI=1S/C21H24F3N3O3S/c1-16(17-7-3-2-4-8-17)25-20(28)15-26-11-13-27(14-12-26)31(29,30)19-10-6-5-9-18(19)21(22,23)24/h2-10,16H,11-15H2,1H3,(H,25,28). The molecule has 6 nitrogen and oxygen atoms in total. The van der Waals surface area contributed by atoms with Crippen molar-refractivity contribution >= 4 is 15.9 Å². The van der Waals surface area contributed by atoms with Gasteiger partial charge in [-0.25, -0.2) is 8.42 Å². The zero-order chi connectivity index (χ0) is 22.6. The van der Waals surface area contributed by atoms with Gasteiger partial charge in [-0.2, -0.15) is 17.5 Å². The van der Waals surface area contributed by atoms with Gasteiger partial charge in [-0.15, -0.1) is 0 Å². The van der Waals surface area contributed by atoms with Crippen LogP contribution in [0.3, 0.4) is 0 Å². The number of hydrogen-bond acceptors (Lipinski definition) is 4. The maximum absolute atomic E-state index is 13.2. The van der Waals surface area contributed by atoms with Crippen LogP contribution in [0, 0.1) is 0 Å². The van der Waals surface area contributed by atoms with Crippen molar-refractivity contribution < 1.29 is 26.4 Å². The van der Waals surface area contributed by atoms with Gasteiger partial charge in [-0.05, 0) is 24.6 Å². The number of amides is 1. The van der Waals surface area contributed by atoms with Crippen LogP contribution in [0.2, 0.25) is 0 Å². The zero-order valence-corrected chi connectivity index (χ0v) is 17.8. The van der Waals surface area contributed by atoms with E-state index in [9.17, 15) is 26.4 Å². The minimum Gasteiger partial charge on any atom is -0.348 e. The molecule has 3 rings (SSSR count). The Kier molecular flexibility index (Phi) is 7.03. The Morgan fingerprint density at radius 1 is 1.00 bits per heavy atom. The maximum atomic E-state index is 13.2. The average molecular weight is 456 g/mol. The van der Waals surface area contributed by atoms with E-state index in [-0.39, 0.29) is 44.7 Å². The van der Waals surface area contributed by atoms with Crippen LogP contribution >= 0.6 is 0 Å². The SMILES string of the molecule is CC(NC(=O)CN1CCN(S(=O)(=O)c2ccccc2C(F)(F)F)CC1)c1ccccc1. The third kappa shape index (κ3) is 5.63. The summed E-state index contributed by atoms with van der Waals surface area (Å²) in [6, 6.07) is 13.5. The van der Waals surface area contributed by atoms with E-state index >= 15 is 0 Å². The minimum absolute atomic E-state index is 0.00996. The van der Waals surface area contributed by atoms with E-state index in [4.69, 9.17) is 0 Å². The van der Waals surface area contributed by atoms with Gasteiger partial charge in [0.25, 0.3) is 0 Å². The van der Waals surface area contributed by atoms with Crippen molar-refractivity contribution in [3.05, 3.63) is 65.7 Å². The van der Waals surface area contributed by atoms with E-state index in [1.165, 1.54) is 6.07 Å². The Balaban J connectivity index is 1.59. The predicted octanol–water partition coefficient (Wildman–Crippen LogP) is 2.89. The van der Waals surface area contributed by atoms with Crippen LogP contribution in [0.1, 0.15) is 24.1 Å². The molecule has 168 valence electrons. The van der Waals surface area contributed by atoms with Gasteiger partial charge in [0.15, 0.2) is 0 Å². The molecule has 1 amide bonds. The van der Waals surface area contributed by atoms with Gasteiger partial charge >= 0.3 is 6.18 Å². The van der Waals surface area contributed by atoms with Crippen molar-refractivity contribution in [2.75, 3.05) is 32.7 Å². The number of sulfonamides is 1. The van der Waals surface area contributed by atoms with Crippen molar-refractivity contribution in [1.29, 1.82) is 0 Å². The molecule has 1 aliphatic heterocycles. The fourth-order valence-corrected chi connectivity index (χ4v) is 5.14. The molecule has 0 radical (unpaired) electrons. The van der Waals surface area contributed by atoms with Crippen LogP contribution in [0.5, 0.6) is 0 Å². The molecule has 2 aromatic rings. The smallest absolute Gasteiger partial charge is 0.348 e. The van der Waals surface area contributed by atoms with E-state index in [1.807, 2.05) is 37.3 Å². The second-order valence-corrected chi connectivity index (χ2v) is 9.28. The number of nitrogens with one attached hydrogen (secondary N) is 1. The van der Waals surface area contributed by atoms with Gasteiger partial charge in [-0.1, -0.05) is 42.5 Å². The number of halogens is 3. The number of piperazine rings is 1. The predicted molar refractivity (Wildman–Crippen MR) is 110 cm³/mol. The quantitative estimate of drug-likeness (QED) is 0.727. The van der Waals surface area contributed by atoms with E-state index in [2.05, 4.69) is 5.32 Å². The summed E-state index contributed by atoms with van der Waals surface area (Å²) >= 11 is 0. The molecule has 1 aliphatic rings.